The summed E-state index contributed by atoms with van der Waals surface area (Å²) in [4.78, 5) is 0. The molecule has 0 radical (unpaired) electrons. The van der Waals surface area contributed by atoms with E-state index in [9.17, 15) is 4.39 Å². The Bertz CT molecular complexity index is 413. The van der Waals surface area contributed by atoms with E-state index >= 15 is 0 Å². The molecule has 1 N–H and O–H groups in total. The van der Waals surface area contributed by atoms with E-state index in [1.807, 2.05) is 17.8 Å². The molecule has 0 spiro atoms. The standard InChI is InChI=1S/C14H19ClFNS/c1-9(10-6-7-11(15)12(16)8-10)17-13-4-3-5-14(13)18-2/h6-9,13-14,17H,3-5H2,1-2H3. The van der Waals surface area contributed by atoms with Crippen molar-refractivity contribution < 1.29 is 4.39 Å². The lowest BCUT2D eigenvalue weighted by Crippen LogP contribution is -2.35. The van der Waals surface area contributed by atoms with Crippen LogP contribution in [-0.4, -0.2) is 17.5 Å². The Balaban J connectivity index is 2.02. The number of hydrogen-bond donors (Lipinski definition) is 1. The Labute approximate surface area is 117 Å². The summed E-state index contributed by atoms with van der Waals surface area (Å²) >= 11 is 7.63. The average molecular weight is 288 g/mol. The van der Waals surface area contributed by atoms with E-state index < -0.39 is 0 Å². The van der Waals surface area contributed by atoms with Crippen LogP contribution in [0.3, 0.4) is 0 Å². The monoisotopic (exact) mass is 287 g/mol. The normalized spacial score (nSPS) is 25.3. The number of nitrogens with one attached hydrogen (secondary N) is 1. The van der Waals surface area contributed by atoms with Gasteiger partial charge < -0.3 is 5.32 Å². The number of thioether (sulfide) groups is 1. The molecule has 1 nitrogen and oxygen atoms in total. The molecule has 3 atom stereocenters. The maximum absolute atomic E-state index is 13.4. The number of halogens is 2. The summed E-state index contributed by atoms with van der Waals surface area (Å²) in [5.74, 6) is -0.337. The molecule has 1 aromatic carbocycles. The average Bonchev–Trinajstić information content (AvgIpc) is 2.79. The first-order valence-corrected chi connectivity index (χ1v) is 8.02. The van der Waals surface area contributed by atoms with Crippen molar-refractivity contribution in [2.45, 2.75) is 43.5 Å². The molecule has 1 fully saturated rings. The Morgan fingerprint density at radius 3 is 2.89 bits per heavy atom. The lowest BCUT2D eigenvalue weighted by molar-refractivity contribution is 0.465. The molecule has 0 saturated heterocycles. The maximum Gasteiger partial charge on any atom is 0.142 e. The summed E-state index contributed by atoms with van der Waals surface area (Å²) in [6.45, 7) is 2.08. The molecule has 0 aromatic heterocycles. The molecule has 0 heterocycles. The van der Waals surface area contributed by atoms with E-state index in [0.29, 0.717) is 11.3 Å². The van der Waals surface area contributed by atoms with Crippen LogP contribution >= 0.6 is 23.4 Å². The van der Waals surface area contributed by atoms with Crippen LogP contribution < -0.4 is 5.32 Å². The highest BCUT2D eigenvalue weighted by atomic mass is 35.5. The van der Waals surface area contributed by atoms with Crippen molar-refractivity contribution in [2.24, 2.45) is 0 Å². The fraction of sp³-hybridized carbons (Fsp3) is 0.571. The molecule has 4 heteroatoms. The SMILES string of the molecule is CSC1CCCC1NC(C)c1ccc(Cl)c(F)c1. The van der Waals surface area contributed by atoms with E-state index in [-0.39, 0.29) is 16.9 Å². The van der Waals surface area contributed by atoms with Gasteiger partial charge in [-0.2, -0.15) is 11.8 Å². The molecule has 1 aliphatic rings. The van der Waals surface area contributed by atoms with E-state index in [2.05, 4.69) is 18.5 Å². The summed E-state index contributed by atoms with van der Waals surface area (Å²) in [7, 11) is 0. The zero-order valence-corrected chi connectivity index (χ0v) is 12.3. The van der Waals surface area contributed by atoms with Crippen molar-refractivity contribution in [3.05, 3.63) is 34.6 Å². The largest absolute Gasteiger partial charge is 0.306 e. The predicted molar refractivity (Wildman–Crippen MR) is 77.9 cm³/mol. The van der Waals surface area contributed by atoms with Gasteiger partial charge in [0.25, 0.3) is 0 Å². The molecular weight excluding hydrogens is 269 g/mol. The number of rotatable bonds is 4. The van der Waals surface area contributed by atoms with Crippen LogP contribution in [0.2, 0.25) is 5.02 Å². The van der Waals surface area contributed by atoms with Crippen LogP contribution in [0.4, 0.5) is 4.39 Å². The van der Waals surface area contributed by atoms with Gasteiger partial charge >= 0.3 is 0 Å². The van der Waals surface area contributed by atoms with Crippen molar-refractivity contribution >= 4 is 23.4 Å². The van der Waals surface area contributed by atoms with Gasteiger partial charge in [0.15, 0.2) is 0 Å². The Morgan fingerprint density at radius 1 is 1.44 bits per heavy atom. The first-order valence-electron chi connectivity index (χ1n) is 6.35. The Hall–Kier alpha value is -0.250. The van der Waals surface area contributed by atoms with Crippen LogP contribution in [0.5, 0.6) is 0 Å². The first-order chi connectivity index (χ1) is 8.61. The van der Waals surface area contributed by atoms with Crippen molar-refractivity contribution in [3.8, 4) is 0 Å². The molecule has 0 amide bonds. The molecule has 2 rings (SSSR count). The highest BCUT2D eigenvalue weighted by Gasteiger charge is 2.27. The van der Waals surface area contributed by atoms with E-state index in [1.54, 1.807) is 6.07 Å². The molecule has 1 aliphatic carbocycles. The van der Waals surface area contributed by atoms with Gasteiger partial charge in [-0.05, 0) is 43.7 Å². The third-order valence-corrected chi connectivity index (χ3v) is 5.14. The van der Waals surface area contributed by atoms with Crippen molar-refractivity contribution in [3.63, 3.8) is 0 Å². The predicted octanol–water partition coefficient (Wildman–Crippen LogP) is 4.41. The van der Waals surface area contributed by atoms with Crippen LogP contribution in [0.15, 0.2) is 18.2 Å². The lowest BCUT2D eigenvalue weighted by atomic mass is 10.1. The smallest absolute Gasteiger partial charge is 0.142 e. The minimum Gasteiger partial charge on any atom is -0.306 e. The summed E-state index contributed by atoms with van der Waals surface area (Å²) in [5.41, 5.74) is 0.962. The third kappa shape index (κ3) is 3.19. The second-order valence-corrected chi connectivity index (χ2v) is 6.36. The molecule has 0 bridgehead atoms. The van der Waals surface area contributed by atoms with E-state index in [0.717, 1.165) is 5.56 Å². The minimum absolute atomic E-state index is 0.162. The van der Waals surface area contributed by atoms with Gasteiger partial charge in [-0.1, -0.05) is 24.1 Å². The molecule has 3 unspecified atom stereocenters. The van der Waals surface area contributed by atoms with Gasteiger partial charge in [0.2, 0.25) is 0 Å². The van der Waals surface area contributed by atoms with Gasteiger partial charge in [-0.25, -0.2) is 4.39 Å². The van der Waals surface area contributed by atoms with Crippen LogP contribution in [0, 0.1) is 5.82 Å². The van der Waals surface area contributed by atoms with Crippen LogP contribution in [0.25, 0.3) is 0 Å². The number of hydrogen-bond acceptors (Lipinski definition) is 2. The maximum atomic E-state index is 13.4. The summed E-state index contributed by atoms with van der Waals surface area (Å²) in [6, 6.07) is 5.75. The lowest BCUT2D eigenvalue weighted by Gasteiger charge is -2.24. The molecule has 0 aliphatic heterocycles. The summed E-state index contributed by atoms with van der Waals surface area (Å²) in [6.07, 6.45) is 5.94. The van der Waals surface area contributed by atoms with Crippen molar-refractivity contribution in [2.75, 3.05) is 6.26 Å². The zero-order valence-electron chi connectivity index (χ0n) is 10.7. The van der Waals surface area contributed by atoms with Crippen LogP contribution in [0.1, 0.15) is 37.8 Å². The number of benzene rings is 1. The quantitative estimate of drug-likeness (QED) is 0.880. The fourth-order valence-corrected chi connectivity index (χ4v) is 3.66. The van der Waals surface area contributed by atoms with Crippen molar-refractivity contribution in [1.29, 1.82) is 0 Å². The molecular formula is C14H19ClFNS. The Kier molecular flexibility index (Phi) is 4.93. The van der Waals surface area contributed by atoms with Gasteiger partial charge in [-0.15, -0.1) is 0 Å². The van der Waals surface area contributed by atoms with Gasteiger partial charge in [-0.3, -0.25) is 0 Å². The topological polar surface area (TPSA) is 12.0 Å². The molecule has 100 valence electrons. The van der Waals surface area contributed by atoms with E-state index in [1.165, 1.54) is 25.3 Å². The highest BCUT2D eigenvalue weighted by molar-refractivity contribution is 7.99. The van der Waals surface area contributed by atoms with E-state index in [4.69, 9.17) is 11.6 Å². The zero-order chi connectivity index (χ0) is 13.1. The van der Waals surface area contributed by atoms with Crippen molar-refractivity contribution in [1.82, 2.24) is 5.32 Å². The Morgan fingerprint density at radius 2 is 2.22 bits per heavy atom. The highest BCUT2D eigenvalue weighted by Crippen LogP contribution is 2.30. The second kappa shape index (κ2) is 6.27. The molecule has 1 aromatic rings. The van der Waals surface area contributed by atoms with Gasteiger partial charge in [0, 0.05) is 17.3 Å². The molecule has 18 heavy (non-hydrogen) atoms. The fourth-order valence-electron chi connectivity index (χ4n) is 2.60. The third-order valence-electron chi connectivity index (χ3n) is 3.66. The minimum atomic E-state index is -0.337. The summed E-state index contributed by atoms with van der Waals surface area (Å²) in [5, 5.41) is 4.49. The van der Waals surface area contributed by atoms with Crippen LogP contribution in [-0.2, 0) is 0 Å². The van der Waals surface area contributed by atoms with Gasteiger partial charge in [0.1, 0.15) is 5.82 Å². The second-order valence-electron chi connectivity index (χ2n) is 4.87. The first kappa shape index (κ1) is 14.2. The van der Waals surface area contributed by atoms with Gasteiger partial charge in [0.05, 0.1) is 5.02 Å². The molecule has 1 saturated carbocycles. The summed E-state index contributed by atoms with van der Waals surface area (Å²) < 4.78 is 13.4.